The summed E-state index contributed by atoms with van der Waals surface area (Å²) in [6.07, 6.45) is 0. The van der Waals surface area contributed by atoms with Crippen LogP contribution in [0.15, 0.2) is 60.7 Å². The maximum atomic E-state index is 12.5. The Hall–Kier alpha value is -0.866. The Bertz CT molecular complexity index is 478. The van der Waals surface area contributed by atoms with E-state index in [0.717, 1.165) is 11.4 Å². The van der Waals surface area contributed by atoms with Gasteiger partial charge in [-0.2, -0.15) is 0 Å². The molecule has 0 amide bonds. The van der Waals surface area contributed by atoms with E-state index in [1.807, 2.05) is 81.5 Å². The summed E-state index contributed by atoms with van der Waals surface area (Å²) < 4.78 is 16.3. The van der Waals surface area contributed by atoms with E-state index in [4.69, 9.17) is 0 Å². The third-order valence-corrected chi connectivity index (χ3v) is 5.46. The molecule has 0 fully saturated rings. The molecule has 2 aromatic rings. The van der Waals surface area contributed by atoms with E-state index >= 15 is 0 Å². The summed E-state index contributed by atoms with van der Waals surface area (Å²) in [7, 11) is 3.77. The topological polar surface area (TPSA) is 23.6 Å². The molecule has 0 spiro atoms. The smallest absolute Gasteiger partial charge is 0.147 e. The van der Waals surface area contributed by atoms with Gasteiger partial charge in [0, 0.05) is 0 Å². The second-order valence-electron chi connectivity index (χ2n) is 4.07. The van der Waals surface area contributed by atoms with E-state index in [-0.39, 0.29) is 24.8 Å². The Labute approximate surface area is 139 Å². The zero-order valence-electron chi connectivity index (χ0n) is 11.4. The summed E-state index contributed by atoms with van der Waals surface area (Å²) in [5, 5.41) is 0. The Morgan fingerprint density at radius 3 is 1.30 bits per heavy atom. The monoisotopic (exact) mass is 348 g/mol. The van der Waals surface area contributed by atoms with Crippen molar-refractivity contribution in [2.45, 2.75) is 0 Å². The summed E-state index contributed by atoms with van der Waals surface area (Å²) in [4.78, 5) is 0. The van der Waals surface area contributed by atoms with Gasteiger partial charge in [0.25, 0.3) is 0 Å². The number of hydrogen-bond acceptors (Lipinski definition) is 1. The first-order valence-electron chi connectivity index (χ1n) is 5.81. The molecule has 0 aliphatic carbocycles. The third-order valence-electron chi connectivity index (χ3n) is 2.86. The van der Waals surface area contributed by atoms with Gasteiger partial charge in [0.05, 0.1) is 0 Å². The summed E-state index contributed by atoms with van der Waals surface area (Å²) >= 11 is -2.72. The largest absolute Gasteiger partial charge is 0.147 e. The number of benzene rings is 2. The first-order chi connectivity index (χ1) is 8.70. The van der Waals surface area contributed by atoms with Crippen molar-refractivity contribution in [2.75, 3.05) is 20.9 Å². The van der Waals surface area contributed by atoms with Crippen molar-refractivity contribution in [1.82, 2.24) is 0 Å². The number of nitrogens with zero attached hydrogens (tertiary/aromatic N) is 2. The molecule has 0 aliphatic rings. The van der Waals surface area contributed by atoms with Crippen LogP contribution >= 0.6 is 24.8 Å². The minimum absolute atomic E-state index is 0. The van der Waals surface area contributed by atoms with Crippen molar-refractivity contribution in [2.24, 2.45) is 0 Å². The molecule has 0 saturated heterocycles. The standard InChI is InChI=1S/2C7H8N.2ClH.O.Ti/c2*1-8-7-5-3-2-4-6-7;;;;/h2*2-6H,1H3;2*1H;;/q2*-1;;;;+2. The van der Waals surface area contributed by atoms with Crippen molar-refractivity contribution < 1.29 is 21.7 Å². The van der Waals surface area contributed by atoms with Crippen molar-refractivity contribution in [3.05, 3.63) is 60.7 Å². The molecule has 0 unspecified atom stereocenters. The predicted molar refractivity (Wildman–Crippen MR) is 84.9 cm³/mol. The second kappa shape index (κ2) is 9.14. The molecule has 0 aliphatic heterocycles. The quantitative estimate of drug-likeness (QED) is 0.783. The Balaban J connectivity index is 0.00000180. The fourth-order valence-electron chi connectivity index (χ4n) is 1.75. The molecule has 3 nitrogen and oxygen atoms in total. The molecule has 0 heterocycles. The predicted octanol–water partition coefficient (Wildman–Crippen LogP) is 3.90. The third kappa shape index (κ3) is 4.60. The zero-order chi connectivity index (χ0) is 13.0. The minimum Gasteiger partial charge on any atom is -0.147 e. The maximum Gasteiger partial charge on any atom is -0.147 e. The fourth-order valence-corrected chi connectivity index (χ4v) is 3.61. The van der Waals surface area contributed by atoms with Crippen molar-refractivity contribution in [1.29, 1.82) is 0 Å². The van der Waals surface area contributed by atoms with Crippen LogP contribution in [0.2, 0.25) is 0 Å². The molecule has 0 saturated carbocycles. The van der Waals surface area contributed by atoms with Crippen LogP contribution in [-0.2, 0) is 21.7 Å². The number of rotatable bonds is 4. The van der Waals surface area contributed by atoms with E-state index in [2.05, 4.69) is 0 Å². The zero-order valence-corrected chi connectivity index (χ0v) is 14.6. The average molecular weight is 349 g/mol. The van der Waals surface area contributed by atoms with Gasteiger partial charge in [-0.25, -0.2) is 0 Å². The van der Waals surface area contributed by atoms with Crippen molar-refractivity contribution in [3.8, 4) is 0 Å². The molecular weight excluding hydrogens is 331 g/mol. The van der Waals surface area contributed by atoms with Gasteiger partial charge in [-0.15, -0.1) is 24.8 Å². The molecule has 0 radical (unpaired) electrons. The summed E-state index contributed by atoms with van der Waals surface area (Å²) in [6, 6.07) is 19.7. The van der Waals surface area contributed by atoms with Crippen LogP contribution in [0.3, 0.4) is 0 Å². The molecule has 0 aromatic heterocycles. The van der Waals surface area contributed by atoms with Gasteiger partial charge < -0.3 is 0 Å². The first-order valence-corrected chi connectivity index (χ1v) is 7.85. The van der Waals surface area contributed by atoms with Crippen LogP contribution < -0.4 is 6.76 Å². The van der Waals surface area contributed by atoms with E-state index in [9.17, 15) is 3.32 Å². The first kappa shape index (κ1) is 19.1. The maximum absolute atomic E-state index is 12.5. The number of halogens is 2. The van der Waals surface area contributed by atoms with Crippen LogP contribution in [0, 0.1) is 0 Å². The van der Waals surface area contributed by atoms with Gasteiger partial charge in [0.1, 0.15) is 0 Å². The number of para-hydroxylation sites is 2. The number of anilines is 2. The van der Waals surface area contributed by atoms with Gasteiger partial charge in [0.2, 0.25) is 0 Å². The molecule has 2 aromatic carbocycles. The molecule has 20 heavy (non-hydrogen) atoms. The Morgan fingerprint density at radius 1 is 0.700 bits per heavy atom. The van der Waals surface area contributed by atoms with Crippen LogP contribution in [0.1, 0.15) is 0 Å². The summed E-state index contributed by atoms with van der Waals surface area (Å²) in [6.45, 7) is 0. The van der Waals surface area contributed by atoms with Crippen LogP contribution in [0.25, 0.3) is 0 Å². The second-order valence-corrected chi connectivity index (χ2v) is 7.05. The minimum atomic E-state index is -2.72. The van der Waals surface area contributed by atoms with Crippen LogP contribution in [0.4, 0.5) is 11.4 Å². The van der Waals surface area contributed by atoms with Crippen molar-refractivity contribution in [3.63, 3.8) is 0 Å². The van der Waals surface area contributed by atoms with E-state index < -0.39 is 18.4 Å². The van der Waals surface area contributed by atoms with E-state index in [1.54, 1.807) is 0 Å². The Morgan fingerprint density at radius 2 is 1.00 bits per heavy atom. The molecule has 0 N–H and O–H groups in total. The van der Waals surface area contributed by atoms with Crippen LogP contribution in [0.5, 0.6) is 0 Å². The van der Waals surface area contributed by atoms with Gasteiger partial charge in [0.15, 0.2) is 0 Å². The molecule has 2 rings (SSSR count). The van der Waals surface area contributed by atoms with Crippen LogP contribution in [-0.4, -0.2) is 14.1 Å². The molecule has 108 valence electrons. The Kier molecular flexibility index (Phi) is 8.74. The molecular formula is C14H18Cl2N2OTi. The molecule has 0 atom stereocenters. The molecule has 6 heteroatoms. The van der Waals surface area contributed by atoms with E-state index in [1.165, 1.54) is 0 Å². The number of hydrogen-bond donors (Lipinski definition) is 0. The fraction of sp³-hybridized carbons (Fsp3) is 0.143. The summed E-state index contributed by atoms with van der Waals surface area (Å²) in [5.41, 5.74) is 1.98. The van der Waals surface area contributed by atoms with Gasteiger partial charge in [-0.05, 0) is 0 Å². The van der Waals surface area contributed by atoms with Gasteiger partial charge in [-0.1, -0.05) is 0 Å². The van der Waals surface area contributed by atoms with Crippen molar-refractivity contribution >= 4 is 36.2 Å². The molecule has 0 bridgehead atoms. The summed E-state index contributed by atoms with van der Waals surface area (Å²) in [5.74, 6) is 0. The van der Waals surface area contributed by atoms with Gasteiger partial charge >= 0.3 is 115 Å². The normalized spacial score (nSPS) is 8.90. The SMILES string of the molecule is C[N](c1ccccc1)[Ti](=[O])[N](C)c1ccccc1.Cl.Cl. The average Bonchev–Trinajstić information content (AvgIpc) is 2.47. The van der Waals surface area contributed by atoms with E-state index in [0.29, 0.717) is 0 Å². The van der Waals surface area contributed by atoms with Gasteiger partial charge in [-0.3, -0.25) is 0 Å².